The van der Waals surface area contributed by atoms with Crippen molar-refractivity contribution >= 4 is 23.3 Å². The van der Waals surface area contributed by atoms with Crippen LogP contribution in [0.15, 0.2) is 53.3 Å². The highest BCUT2D eigenvalue weighted by molar-refractivity contribution is 7.80. The van der Waals surface area contributed by atoms with Gasteiger partial charge in [-0.3, -0.25) is 4.79 Å². The smallest absolute Gasteiger partial charge is 0.303 e. The van der Waals surface area contributed by atoms with E-state index in [1.165, 1.54) is 74.3 Å². The zero-order valence-electron chi connectivity index (χ0n) is 26.7. The Balaban J connectivity index is 1.45. The number of carbonyl (C=O) groups is 1. The maximum atomic E-state index is 12.0. The minimum atomic E-state index is -0.202. The van der Waals surface area contributed by atoms with E-state index in [2.05, 4.69) is 81.7 Å². The number of thiocarbonyl (C=S) groups is 1. The van der Waals surface area contributed by atoms with Crippen LogP contribution in [-0.4, -0.2) is 17.2 Å². The van der Waals surface area contributed by atoms with Crippen LogP contribution < -0.4 is 10.6 Å². The molecule has 42 heavy (non-hydrogen) atoms. The minimum absolute atomic E-state index is 0.0453. The molecule has 0 amide bonds. The quantitative estimate of drug-likeness (QED) is 0.247. The van der Waals surface area contributed by atoms with Crippen LogP contribution in [-0.2, 0) is 9.53 Å². The number of hydrogen-bond acceptors (Lipinski definition) is 3. The summed E-state index contributed by atoms with van der Waals surface area (Å²) in [6.07, 6.45) is 13.4. The third kappa shape index (κ3) is 5.06. The Labute approximate surface area is 259 Å². The number of hydrogen-bond donors (Lipinski definition) is 2. The molecule has 1 aromatic rings. The average Bonchev–Trinajstić information content (AvgIpc) is 3.30. The molecule has 0 aromatic heterocycles. The Hall–Kier alpha value is -2.14. The van der Waals surface area contributed by atoms with E-state index in [0.717, 1.165) is 30.6 Å². The number of rotatable bonds is 7. The fraction of sp³-hybridized carbons (Fsp3) is 0.676. The summed E-state index contributed by atoms with van der Waals surface area (Å²) in [6, 6.07) is 11.0. The lowest BCUT2D eigenvalue weighted by Crippen LogP contribution is -2.58. The number of ether oxygens (including phenoxy) is 1. The van der Waals surface area contributed by atoms with Crippen molar-refractivity contribution < 1.29 is 9.53 Å². The van der Waals surface area contributed by atoms with Crippen LogP contribution in [0.4, 0.5) is 0 Å². The van der Waals surface area contributed by atoms with Crippen molar-refractivity contribution in [2.24, 2.45) is 46.3 Å². The van der Waals surface area contributed by atoms with E-state index in [4.69, 9.17) is 17.0 Å². The topological polar surface area (TPSA) is 50.4 Å². The van der Waals surface area contributed by atoms with Crippen LogP contribution in [0, 0.1) is 46.3 Å². The second kappa shape index (κ2) is 11.4. The summed E-state index contributed by atoms with van der Waals surface area (Å²) in [5.41, 5.74) is 5.77. The van der Waals surface area contributed by atoms with Crippen molar-refractivity contribution in [1.29, 1.82) is 0 Å². The van der Waals surface area contributed by atoms with E-state index < -0.39 is 0 Å². The van der Waals surface area contributed by atoms with Gasteiger partial charge in [0.25, 0.3) is 0 Å². The lowest BCUT2D eigenvalue weighted by molar-refractivity contribution is -0.145. The van der Waals surface area contributed by atoms with Crippen molar-refractivity contribution in [3.05, 3.63) is 58.8 Å². The molecule has 1 aliphatic heterocycles. The Kier molecular flexibility index (Phi) is 8.13. The summed E-state index contributed by atoms with van der Waals surface area (Å²) < 4.78 is 5.80. The molecule has 2 fully saturated rings. The summed E-state index contributed by atoms with van der Waals surface area (Å²) in [7, 11) is 0. The molecule has 0 bridgehead atoms. The maximum Gasteiger partial charge on any atom is 0.303 e. The highest BCUT2D eigenvalue weighted by atomic mass is 32.1. The predicted molar refractivity (Wildman–Crippen MR) is 174 cm³/mol. The molecule has 0 radical (unpaired) electrons. The molecule has 6 rings (SSSR count). The molecule has 1 aromatic carbocycles. The molecule has 9 atom stereocenters. The number of nitrogens with one attached hydrogen (secondary N) is 2. The summed E-state index contributed by atoms with van der Waals surface area (Å²) in [4.78, 5) is 12.0. The molecule has 228 valence electrons. The van der Waals surface area contributed by atoms with Gasteiger partial charge < -0.3 is 15.4 Å². The molecule has 1 heterocycles. The van der Waals surface area contributed by atoms with Gasteiger partial charge >= 0.3 is 5.97 Å². The third-order valence-corrected chi connectivity index (χ3v) is 12.6. The summed E-state index contributed by atoms with van der Waals surface area (Å²) in [5, 5.41) is 8.13. The molecule has 5 heteroatoms. The first-order valence-electron chi connectivity index (χ1n) is 16.8. The van der Waals surface area contributed by atoms with Crippen LogP contribution in [0.5, 0.6) is 0 Å². The van der Waals surface area contributed by atoms with Crippen molar-refractivity contribution in [2.75, 3.05) is 0 Å². The summed E-state index contributed by atoms with van der Waals surface area (Å²) in [6.45, 7) is 14.0. The van der Waals surface area contributed by atoms with E-state index in [-0.39, 0.29) is 23.5 Å². The van der Waals surface area contributed by atoms with Gasteiger partial charge in [0, 0.05) is 12.6 Å². The second-order valence-electron chi connectivity index (χ2n) is 15.2. The minimum Gasteiger partial charge on any atom is -0.458 e. The number of benzene rings is 1. The van der Waals surface area contributed by atoms with Crippen LogP contribution in [0.2, 0.25) is 0 Å². The van der Waals surface area contributed by atoms with Crippen LogP contribution in [0.3, 0.4) is 0 Å². The van der Waals surface area contributed by atoms with Gasteiger partial charge in [0.2, 0.25) is 0 Å². The monoisotopic (exact) mass is 588 g/mol. The molecular weight excluding hydrogens is 536 g/mol. The van der Waals surface area contributed by atoms with Gasteiger partial charge in [-0.2, -0.15) is 0 Å². The molecule has 5 aliphatic rings. The van der Waals surface area contributed by atoms with E-state index >= 15 is 0 Å². The number of allylic oxidation sites excluding steroid dienone is 1. The molecule has 2 saturated carbocycles. The maximum absolute atomic E-state index is 12.0. The zero-order valence-corrected chi connectivity index (χ0v) is 27.5. The van der Waals surface area contributed by atoms with Crippen LogP contribution >= 0.6 is 12.2 Å². The van der Waals surface area contributed by atoms with Gasteiger partial charge in [-0.05, 0) is 120 Å². The Morgan fingerprint density at radius 2 is 1.79 bits per heavy atom. The number of carbonyl (C=O) groups excluding carboxylic acids is 1. The SMILES string of the molecule is CC(=O)O[C@@H]1C=C2C3=C(C(c4ccccc4)NC(=S)N3)C3C(CC[C@@]4(C)C3CC[C@@H]4[C@H](C)CCCC(C)C)[C@@]2(C)CC1. The molecular formula is C37H52N2O2S. The Morgan fingerprint density at radius 3 is 2.50 bits per heavy atom. The van der Waals surface area contributed by atoms with E-state index in [9.17, 15) is 4.79 Å². The highest BCUT2D eigenvalue weighted by Crippen LogP contribution is 2.70. The Morgan fingerprint density at radius 1 is 1.02 bits per heavy atom. The molecule has 4 aliphatic carbocycles. The summed E-state index contributed by atoms with van der Waals surface area (Å²) in [5.74, 6) is 3.92. The zero-order chi connectivity index (χ0) is 29.8. The van der Waals surface area contributed by atoms with Crippen molar-refractivity contribution in [3.63, 3.8) is 0 Å². The highest BCUT2D eigenvalue weighted by Gasteiger charge is 2.62. The van der Waals surface area contributed by atoms with Gasteiger partial charge in [0.1, 0.15) is 6.10 Å². The van der Waals surface area contributed by atoms with Gasteiger partial charge in [0.05, 0.1) is 6.04 Å². The molecule has 0 saturated heterocycles. The number of esters is 1. The fourth-order valence-electron chi connectivity index (χ4n) is 10.5. The van der Waals surface area contributed by atoms with Gasteiger partial charge in [0.15, 0.2) is 5.11 Å². The average molecular weight is 589 g/mol. The second-order valence-corrected chi connectivity index (χ2v) is 15.6. The van der Waals surface area contributed by atoms with Crippen molar-refractivity contribution in [2.45, 2.75) is 111 Å². The van der Waals surface area contributed by atoms with Crippen LogP contribution in [0.1, 0.15) is 111 Å². The third-order valence-electron chi connectivity index (χ3n) is 12.4. The Bertz CT molecular complexity index is 1270. The summed E-state index contributed by atoms with van der Waals surface area (Å²) >= 11 is 5.89. The molecule has 2 N–H and O–H groups in total. The van der Waals surface area contributed by atoms with Crippen molar-refractivity contribution in [1.82, 2.24) is 10.6 Å². The van der Waals surface area contributed by atoms with Crippen molar-refractivity contribution in [3.8, 4) is 0 Å². The fourth-order valence-corrected chi connectivity index (χ4v) is 10.7. The first kappa shape index (κ1) is 29.9. The molecule has 4 nitrogen and oxygen atoms in total. The molecule has 0 spiro atoms. The number of fused-ring (bicyclic) bond motifs is 7. The first-order chi connectivity index (χ1) is 20.0. The van der Waals surface area contributed by atoms with E-state index in [1.54, 1.807) is 0 Å². The normalized spacial score (nSPS) is 37.9. The van der Waals surface area contributed by atoms with Gasteiger partial charge in [-0.25, -0.2) is 0 Å². The van der Waals surface area contributed by atoms with Crippen LogP contribution in [0.25, 0.3) is 0 Å². The predicted octanol–water partition coefficient (Wildman–Crippen LogP) is 8.65. The standard InChI is InChI=1S/C37H52N2O2S/c1-22(2)11-10-12-23(3)27-15-16-28-31-29(18-20-36(27,28)5)37(6)19-17-26(41-24(4)40)21-30(37)34-32(31)33(38-35(42)39-34)25-13-8-7-9-14-25/h7-9,13-14,21-23,26-29,31,33H,10-12,15-20H2,1-6H3,(H2,38,39,42)/t23-,26+,27-,28?,29?,31?,33?,36-,37-/m1/s1. The van der Waals surface area contributed by atoms with Gasteiger partial charge in [-0.1, -0.05) is 84.2 Å². The van der Waals surface area contributed by atoms with E-state index in [0.29, 0.717) is 28.3 Å². The lowest BCUT2D eigenvalue weighted by Gasteiger charge is -2.61. The first-order valence-corrected chi connectivity index (χ1v) is 17.2. The van der Waals surface area contributed by atoms with Gasteiger partial charge in [-0.15, -0.1) is 0 Å². The largest absolute Gasteiger partial charge is 0.458 e. The van der Waals surface area contributed by atoms with E-state index in [1.807, 2.05) is 0 Å². The lowest BCUT2D eigenvalue weighted by atomic mass is 9.45. The molecule has 4 unspecified atom stereocenters.